The molecular formula is C16H22N4O. The zero-order valence-corrected chi connectivity index (χ0v) is 13.3. The summed E-state index contributed by atoms with van der Waals surface area (Å²) >= 11 is 0. The Labute approximate surface area is 125 Å². The van der Waals surface area contributed by atoms with E-state index < -0.39 is 0 Å². The van der Waals surface area contributed by atoms with E-state index in [0.29, 0.717) is 18.2 Å². The normalized spacial score (nSPS) is 11.0. The molecule has 0 saturated carbocycles. The third kappa shape index (κ3) is 3.48. The predicted molar refractivity (Wildman–Crippen MR) is 82.2 cm³/mol. The summed E-state index contributed by atoms with van der Waals surface area (Å²) in [6, 6.07) is 4.10. The van der Waals surface area contributed by atoms with Crippen molar-refractivity contribution in [1.29, 1.82) is 0 Å². The minimum absolute atomic E-state index is 0.0687. The standard InChI is InChI=1S/C16H22N4O/c1-10(2)20-7-6-15(12(20)4)16(21)17-9-14-8-11(3)18-13(5)19-14/h6-8,10H,9H2,1-5H3,(H,17,21). The van der Waals surface area contributed by atoms with Crippen LogP contribution in [-0.2, 0) is 6.54 Å². The van der Waals surface area contributed by atoms with Crippen molar-refractivity contribution in [1.82, 2.24) is 19.9 Å². The fraction of sp³-hybridized carbons (Fsp3) is 0.438. The number of amides is 1. The molecule has 0 atom stereocenters. The van der Waals surface area contributed by atoms with Crippen LogP contribution in [0.2, 0.25) is 0 Å². The predicted octanol–water partition coefficient (Wildman–Crippen LogP) is 2.71. The number of hydrogen-bond acceptors (Lipinski definition) is 3. The second-order valence-electron chi connectivity index (χ2n) is 5.55. The molecule has 0 aromatic carbocycles. The smallest absolute Gasteiger partial charge is 0.253 e. The second-order valence-corrected chi connectivity index (χ2v) is 5.55. The highest BCUT2D eigenvalue weighted by Crippen LogP contribution is 2.15. The summed E-state index contributed by atoms with van der Waals surface area (Å²) in [5.41, 5.74) is 3.44. The van der Waals surface area contributed by atoms with Crippen LogP contribution in [0, 0.1) is 20.8 Å². The third-order valence-electron chi connectivity index (χ3n) is 3.43. The zero-order chi connectivity index (χ0) is 15.6. The molecule has 0 spiro atoms. The molecule has 0 unspecified atom stereocenters. The number of carbonyl (C=O) groups is 1. The van der Waals surface area contributed by atoms with Gasteiger partial charge in [-0.05, 0) is 46.8 Å². The van der Waals surface area contributed by atoms with Crippen molar-refractivity contribution in [3.8, 4) is 0 Å². The van der Waals surface area contributed by atoms with Crippen LogP contribution in [0.4, 0.5) is 0 Å². The number of aromatic nitrogens is 3. The van der Waals surface area contributed by atoms with Crippen LogP contribution < -0.4 is 5.32 Å². The van der Waals surface area contributed by atoms with Crippen LogP contribution in [0.3, 0.4) is 0 Å². The van der Waals surface area contributed by atoms with E-state index in [1.54, 1.807) is 0 Å². The number of nitrogens with one attached hydrogen (secondary N) is 1. The lowest BCUT2D eigenvalue weighted by molar-refractivity contribution is 0.0949. The largest absolute Gasteiger partial charge is 0.348 e. The van der Waals surface area contributed by atoms with Gasteiger partial charge in [0, 0.05) is 23.6 Å². The second kappa shape index (κ2) is 6.08. The quantitative estimate of drug-likeness (QED) is 0.940. The first-order chi connectivity index (χ1) is 9.88. The summed E-state index contributed by atoms with van der Waals surface area (Å²) in [4.78, 5) is 20.8. The number of aryl methyl sites for hydroxylation is 2. The van der Waals surface area contributed by atoms with E-state index in [9.17, 15) is 4.79 Å². The molecule has 0 aliphatic rings. The lowest BCUT2D eigenvalue weighted by Crippen LogP contribution is -2.24. The molecule has 0 aliphatic carbocycles. The summed E-state index contributed by atoms with van der Waals surface area (Å²) in [6.45, 7) is 10.4. The van der Waals surface area contributed by atoms with Crippen molar-refractivity contribution in [2.45, 2.75) is 47.2 Å². The monoisotopic (exact) mass is 286 g/mol. The summed E-state index contributed by atoms with van der Waals surface area (Å²) in [5.74, 6) is 0.655. The van der Waals surface area contributed by atoms with Crippen molar-refractivity contribution in [3.05, 3.63) is 46.8 Å². The van der Waals surface area contributed by atoms with Crippen LogP contribution in [0.25, 0.3) is 0 Å². The van der Waals surface area contributed by atoms with Gasteiger partial charge in [-0.3, -0.25) is 4.79 Å². The Balaban J connectivity index is 2.08. The van der Waals surface area contributed by atoms with Crippen molar-refractivity contribution >= 4 is 5.91 Å². The molecule has 2 heterocycles. The Morgan fingerprint density at radius 1 is 1.29 bits per heavy atom. The lowest BCUT2D eigenvalue weighted by Gasteiger charge is -2.11. The van der Waals surface area contributed by atoms with Crippen LogP contribution >= 0.6 is 0 Å². The Morgan fingerprint density at radius 2 is 2.00 bits per heavy atom. The van der Waals surface area contributed by atoms with E-state index in [0.717, 1.165) is 22.9 Å². The minimum atomic E-state index is -0.0687. The van der Waals surface area contributed by atoms with Gasteiger partial charge in [0.05, 0.1) is 17.8 Å². The highest BCUT2D eigenvalue weighted by atomic mass is 16.1. The first kappa shape index (κ1) is 15.2. The summed E-state index contributed by atoms with van der Waals surface area (Å²) in [6.07, 6.45) is 1.95. The number of carbonyl (C=O) groups excluding carboxylic acids is 1. The summed E-state index contributed by atoms with van der Waals surface area (Å²) < 4.78 is 2.09. The average Bonchev–Trinajstić information content (AvgIpc) is 2.77. The van der Waals surface area contributed by atoms with Gasteiger partial charge in [0.2, 0.25) is 0 Å². The molecular weight excluding hydrogens is 264 g/mol. The number of rotatable bonds is 4. The van der Waals surface area contributed by atoms with Gasteiger partial charge >= 0.3 is 0 Å². The van der Waals surface area contributed by atoms with E-state index in [1.807, 2.05) is 39.1 Å². The molecule has 2 aromatic rings. The summed E-state index contributed by atoms with van der Waals surface area (Å²) in [5, 5.41) is 2.92. The van der Waals surface area contributed by atoms with E-state index in [1.165, 1.54) is 0 Å². The van der Waals surface area contributed by atoms with E-state index in [2.05, 4.69) is 33.7 Å². The molecule has 0 fully saturated rings. The van der Waals surface area contributed by atoms with Gasteiger partial charge in [-0.15, -0.1) is 0 Å². The molecule has 0 radical (unpaired) electrons. The van der Waals surface area contributed by atoms with Gasteiger partial charge in [0.25, 0.3) is 5.91 Å². The van der Waals surface area contributed by atoms with Gasteiger partial charge in [-0.25, -0.2) is 9.97 Å². The van der Waals surface area contributed by atoms with E-state index in [4.69, 9.17) is 0 Å². The molecule has 2 aromatic heterocycles. The van der Waals surface area contributed by atoms with Crippen LogP contribution in [0.1, 0.15) is 53.2 Å². The van der Waals surface area contributed by atoms with E-state index in [-0.39, 0.29) is 5.91 Å². The van der Waals surface area contributed by atoms with Crippen LogP contribution in [-0.4, -0.2) is 20.4 Å². The van der Waals surface area contributed by atoms with Crippen molar-refractivity contribution in [2.24, 2.45) is 0 Å². The molecule has 1 amide bonds. The lowest BCUT2D eigenvalue weighted by atomic mass is 10.2. The Kier molecular flexibility index (Phi) is 4.40. The SMILES string of the molecule is Cc1cc(CNC(=O)c2ccn(C(C)C)c2C)nc(C)n1. The van der Waals surface area contributed by atoms with Crippen molar-refractivity contribution < 1.29 is 4.79 Å². The first-order valence-electron chi connectivity index (χ1n) is 7.15. The molecule has 5 heteroatoms. The average molecular weight is 286 g/mol. The van der Waals surface area contributed by atoms with E-state index >= 15 is 0 Å². The first-order valence-corrected chi connectivity index (χ1v) is 7.15. The maximum absolute atomic E-state index is 12.3. The Bertz CT molecular complexity index is 638. The molecule has 0 bridgehead atoms. The molecule has 1 N–H and O–H groups in total. The Morgan fingerprint density at radius 3 is 2.57 bits per heavy atom. The van der Waals surface area contributed by atoms with Gasteiger partial charge < -0.3 is 9.88 Å². The zero-order valence-electron chi connectivity index (χ0n) is 13.3. The van der Waals surface area contributed by atoms with Gasteiger partial charge in [0.1, 0.15) is 5.82 Å². The molecule has 5 nitrogen and oxygen atoms in total. The number of hydrogen-bond donors (Lipinski definition) is 1. The highest BCUT2D eigenvalue weighted by Gasteiger charge is 2.14. The molecule has 0 aliphatic heterocycles. The summed E-state index contributed by atoms with van der Waals surface area (Å²) in [7, 11) is 0. The van der Waals surface area contributed by atoms with Crippen molar-refractivity contribution in [2.75, 3.05) is 0 Å². The fourth-order valence-corrected chi connectivity index (χ4v) is 2.48. The van der Waals surface area contributed by atoms with Crippen LogP contribution in [0.15, 0.2) is 18.3 Å². The van der Waals surface area contributed by atoms with Gasteiger partial charge in [0.15, 0.2) is 0 Å². The highest BCUT2D eigenvalue weighted by molar-refractivity contribution is 5.95. The Hall–Kier alpha value is -2.17. The molecule has 2 rings (SSSR count). The maximum atomic E-state index is 12.3. The fourth-order valence-electron chi connectivity index (χ4n) is 2.48. The minimum Gasteiger partial charge on any atom is -0.348 e. The van der Waals surface area contributed by atoms with Crippen molar-refractivity contribution in [3.63, 3.8) is 0 Å². The molecule has 0 saturated heterocycles. The third-order valence-corrected chi connectivity index (χ3v) is 3.43. The molecule has 21 heavy (non-hydrogen) atoms. The van der Waals surface area contributed by atoms with Gasteiger partial charge in [-0.2, -0.15) is 0 Å². The number of nitrogens with zero attached hydrogens (tertiary/aromatic N) is 3. The van der Waals surface area contributed by atoms with Gasteiger partial charge in [-0.1, -0.05) is 0 Å². The molecule has 112 valence electrons. The maximum Gasteiger partial charge on any atom is 0.253 e. The van der Waals surface area contributed by atoms with Crippen LogP contribution in [0.5, 0.6) is 0 Å². The topological polar surface area (TPSA) is 59.8 Å².